The molecule has 0 saturated carbocycles. The van der Waals surface area contributed by atoms with Gasteiger partial charge in [-0.1, -0.05) is 26.2 Å². The van der Waals surface area contributed by atoms with Gasteiger partial charge in [-0.3, -0.25) is 0 Å². The second kappa shape index (κ2) is 5.76. The highest BCUT2D eigenvalue weighted by Gasteiger charge is 2.31. The summed E-state index contributed by atoms with van der Waals surface area (Å²) < 4.78 is 0. The van der Waals surface area contributed by atoms with Crippen molar-refractivity contribution in [3.8, 4) is 22.9 Å². The molecule has 0 atom stereocenters. The summed E-state index contributed by atoms with van der Waals surface area (Å²) in [5.41, 5.74) is 10.1. The maximum atomic E-state index is 3.51. The molecule has 19 heavy (non-hydrogen) atoms. The van der Waals surface area contributed by atoms with Gasteiger partial charge in [0.1, 0.15) is 0 Å². The minimum atomic E-state index is -1.56. The van der Waals surface area contributed by atoms with E-state index in [0.717, 1.165) is 8.19 Å². The summed E-state index contributed by atoms with van der Waals surface area (Å²) in [6.45, 7) is 18.0. The van der Waals surface area contributed by atoms with E-state index in [-0.39, 0.29) is 0 Å². The molecule has 0 fully saturated rings. The lowest BCUT2D eigenvalue weighted by Crippen LogP contribution is -2.40. The van der Waals surface area contributed by atoms with Gasteiger partial charge in [-0.15, -0.1) is 31.1 Å². The first-order valence-corrected chi connectivity index (χ1v) is 13.8. The molecule has 0 aromatic carbocycles. The molecule has 3 heteroatoms. The molecule has 0 amide bonds. The van der Waals surface area contributed by atoms with Crippen molar-refractivity contribution in [2.45, 2.75) is 53.9 Å². The molecule has 0 bridgehead atoms. The number of hydrogen-bond acceptors (Lipinski definition) is 0. The van der Waals surface area contributed by atoms with Crippen molar-refractivity contribution in [3.63, 3.8) is 0 Å². The van der Waals surface area contributed by atoms with Gasteiger partial charge in [-0.2, -0.15) is 0 Å². The van der Waals surface area contributed by atoms with Crippen LogP contribution in [0.5, 0.6) is 0 Å². The van der Waals surface area contributed by atoms with Crippen LogP contribution >= 0.6 is 8.19 Å². The molecule has 1 aromatic rings. The van der Waals surface area contributed by atoms with E-state index in [4.69, 9.17) is 0 Å². The van der Waals surface area contributed by atoms with Crippen LogP contribution in [0.1, 0.15) is 25.0 Å². The van der Waals surface area contributed by atoms with Crippen LogP contribution < -0.4 is 9.84 Å². The van der Waals surface area contributed by atoms with E-state index in [0.29, 0.717) is 0 Å². The highest BCUT2D eigenvalue weighted by molar-refractivity contribution is 7.51. The van der Waals surface area contributed by atoms with Gasteiger partial charge in [0.05, 0.1) is 0 Å². The predicted molar refractivity (Wildman–Crippen MR) is 96.5 cm³/mol. The zero-order valence-electron chi connectivity index (χ0n) is 13.5. The SMILES string of the molecule is CC#C[Si](C)(C)c1[pH]c([Si](C)(C)C#CC)c(C)c1C. The maximum Gasteiger partial charge on any atom is 0.166 e. The van der Waals surface area contributed by atoms with Crippen LogP contribution in [0.3, 0.4) is 0 Å². The summed E-state index contributed by atoms with van der Waals surface area (Å²) in [6.07, 6.45) is 0. The highest BCUT2D eigenvalue weighted by atomic mass is 31.0. The van der Waals surface area contributed by atoms with Crippen molar-refractivity contribution >= 4 is 34.2 Å². The Morgan fingerprint density at radius 2 is 1.05 bits per heavy atom. The monoisotopic (exact) mass is 304 g/mol. The molecule has 0 aliphatic rings. The Kier molecular flexibility index (Phi) is 4.97. The van der Waals surface area contributed by atoms with Gasteiger partial charge in [0, 0.05) is 0 Å². The Labute approximate surface area is 122 Å². The van der Waals surface area contributed by atoms with Crippen molar-refractivity contribution in [1.82, 2.24) is 0 Å². The molecule has 0 spiro atoms. The van der Waals surface area contributed by atoms with Gasteiger partial charge < -0.3 is 0 Å². The molecule has 0 aliphatic carbocycles. The Balaban J connectivity index is 3.49. The lowest BCUT2D eigenvalue weighted by atomic mass is 10.2. The third-order valence-electron chi connectivity index (χ3n) is 3.69. The molecule has 1 aromatic heterocycles. The minimum Gasteiger partial charge on any atom is -0.139 e. The summed E-state index contributed by atoms with van der Waals surface area (Å²) in [5.74, 6) is 6.29. The summed E-state index contributed by atoms with van der Waals surface area (Å²) in [7, 11) is -2.26. The van der Waals surface area contributed by atoms with Crippen molar-refractivity contribution in [2.75, 3.05) is 0 Å². The van der Waals surface area contributed by atoms with Gasteiger partial charge in [-0.05, 0) is 48.7 Å². The van der Waals surface area contributed by atoms with E-state index < -0.39 is 16.1 Å². The standard InChI is InChI=1S/C16H25PSi2/c1-9-11-18(5,6)15-13(3)14(4)16(17-15)19(7,8)12-10-2/h17H,1-8H3. The Hall–Kier alpha value is -0.666. The number of rotatable bonds is 2. The first kappa shape index (κ1) is 16.4. The molecule has 0 aliphatic heterocycles. The van der Waals surface area contributed by atoms with Crippen LogP contribution in [-0.2, 0) is 0 Å². The van der Waals surface area contributed by atoms with E-state index in [1.54, 1.807) is 9.84 Å². The molecule has 0 radical (unpaired) electrons. The smallest absolute Gasteiger partial charge is 0.139 e. The van der Waals surface area contributed by atoms with E-state index in [9.17, 15) is 0 Å². The fourth-order valence-corrected chi connectivity index (χ4v) is 11.4. The van der Waals surface area contributed by atoms with Crippen LogP contribution in [0.4, 0.5) is 0 Å². The van der Waals surface area contributed by atoms with Crippen molar-refractivity contribution in [3.05, 3.63) is 11.1 Å². The van der Waals surface area contributed by atoms with E-state index in [1.807, 2.05) is 13.8 Å². The molecule has 1 rings (SSSR count). The third-order valence-corrected chi connectivity index (χ3v) is 14.4. The van der Waals surface area contributed by atoms with Crippen molar-refractivity contribution in [1.29, 1.82) is 0 Å². The van der Waals surface area contributed by atoms with Crippen molar-refractivity contribution < 1.29 is 0 Å². The van der Waals surface area contributed by atoms with Crippen LogP contribution in [-0.4, -0.2) is 16.1 Å². The minimum absolute atomic E-state index is 0.852. The summed E-state index contributed by atoms with van der Waals surface area (Å²) in [5, 5.41) is 0. The first-order chi connectivity index (χ1) is 8.67. The van der Waals surface area contributed by atoms with Gasteiger partial charge in [0.25, 0.3) is 0 Å². The van der Waals surface area contributed by atoms with Crippen molar-refractivity contribution in [2.24, 2.45) is 0 Å². The van der Waals surface area contributed by atoms with Gasteiger partial charge in [0.15, 0.2) is 16.1 Å². The normalized spacial score (nSPS) is 11.4. The summed E-state index contributed by atoms with van der Waals surface area (Å²) in [4.78, 5) is 3.32. The summed E-state index contributed by atoms with van der Waals surface area (Å²) >= 11 is 0. The van der Waals surface area contributed by atoms with Gasteiger partial charge in [0.2, 0.25) is 0 Å². The number of hydrogen-bond donors (Lipinski definition) is 0. The van der Waals surface area contributed by atoms with E-state index >= 15 is 0 Å². The second-order valence-electron chi connectivity index (χ2n) is 6.12. The molecule has 1 heterocycles. The van der Waals surface area contributed by atoms with Crippen LogP contribution in [0, 0.1) is 36.8 Å². The lowest BCUT2D eigenvalue weighted by Gasteiger charge is -2.16. The molecule has 0 nitrogen and oxygen atoms in total. The maximum absolute atomic E-state index is 3.51. The fourth-order valence-electron chi connectivity index (χ4n) is 2.69. The van der Waals surface area contributed by atoms with Gasteiger partial charge >= 0.3 is 0 Å². The zero-order chi connectivity index (χ0) is 14.8. The topological polar surface area (TPSA) is 0 Å². The van der Waals surface area contributed by atoms with Crippen LogP contribution in [0.25, 0.3) is 0 Å². The molecular weight excluding hydrogens is 279 g/mol. The quantitative estimate of drug-likeness (QED) is 0.581. The second-order valence-corrected chi connectivity index (χ2v) is 16.4. The predicted octanol–water partition coefficient (Wildman–Crippen LogP) is 3.29. The lowest BCUT2D eigenvalue weighted by molar-refractivity contribution is 1.43. The first-order valence-electron chi connectivity index (χ1n) is 6.75. The zero-order valence-corrected chi connectivity index (χ0v) is 16.5. The average Bonchev–Trinajstić information content (AvgIpc) is 2.57. The van der Waals surface area contributed by atoms with E-state index in [1.165, 1.54) is 11.1 Å². The Bertz CT molecular complexity index is 546. The van der Waals surface area contributed by atoms with Gasteiger partial charge in [-0.25, -0.2) is 0 Å². The van der Waals surface area contributed by atoms with E-state index in [2.05, 4.69) is 63.0 Å². The Morgan fingerprint density at radius 3 is 1.32 bits per heavy atom. The molecule has 0 unspecified atom stereocenters. The molecule has 0 N–H and O–H groups in total. The third kappa shape index (κ3) is 3.26. The molecule has 0 saturated heterocycles. The average molecular weight is 305 g/mol. The summed E-state index contributed by atoms with van der Waals surface area (Å²) in [6, 6.07) is 0. The van der Waals surface area contributed by atoms with Crippen LogP contribution in [0.15, 0.2) is 0 Å². The fraction of sp³-hybridized carbons (Fsp3) is 0.500. The highest BCUT2D eigenvalue weighted by Crippen LogP contribution is 2.22. The molecular formula is C16H25PSi2. The Morgan fingerprint density at radius 1 is 0.737 bits per heavy atom. The largest absolute Gasteiger partial charge is 0.166 e. The molecule has 102 valence electrons. The van der Waals surface area contributed by atoms with Crippen LogP contribution in [0.2, 0.25) is 26.2 Å².